The number of aromatic nitrogens is 1. The van der Waals surface area contributed by atoms with Gasteiger partial charge in [-0.1, -0.05) is 35.0 Å². The van der Waals surface area contributed by atoms with Crippen molar-refractivity contribution < 1.29 is 22.4 Å². The zero-order valence-corrected chi connectivity index (χ0v) is 14.2. The van der Waals surface area contributed by atoms with Crippen molar-refractivity contribution in [1.29, 1.82) is 0 Å². The van der Waals surface area contributed by atoms with E-state index < -0.39 is 27.3 Å². The molecule has 3 rings (SSSR count). The van der Waals surface area contributed by atoms with E-state index in [-0.39, 0.29) is 5.76 Å². The molecule has 9 heteroatoms. The van der Waals surface area contributed by atoms with Crippen LogP contribution >= 0.6 is 11.6 Å². The predicted octanol–water partition coefficient (Wildman–Crippen LogP) is 2.94. The minimum Gasteiger partial charge on any atom is -0.388 e. The Morgan fingerprint density at radius 2 is 1.80 bits per heavy atom. The Morgan fingerprint density at radius 1 is 1.16 bits per heavy atom. The summed E-state index contributed by atoms with van der Waals surface area (Å²) < 4.78 is 42.0. The van der Waals surface area contributed by atoms with Crippen LogP contribution in [0.5, 0.6) is 0 Å². The van der Waals surface area contributed by atoms with Gasteiger partial charge < -0.3 is 9.63 Å². The van der Waals surface area contributed by atoms with E-state index in [0.29, 0.717) is 27.4 Å². The molecule has 0 spiro atoms. The van der Waals surface area contributed by atoms with Gasteiger partial charge in [-0.2, -0.15) is 0 Å². The fourth-order valence-electron chi connectivity index (χ4n) is 2.42. The third-order valence-electron chi connectivity index (χ3n) is 3.55. The summed E-state index contributed by atoms with van der Waals surface area (Å²) in [7, 11) is -4.18. The second kappa shape index (κ2) is 6.57. The minimum absolute atomic E-state index is 0.118. The highest BCUT2D eigenvalue weighted by molar-refractivity contribution is 7.89. The van der Waals surface area contributed by atoms with Gasteiger partial charge in [0.15, 0.2) is 5.76 Å². The molecule has 0 aliphatic rings. The SMILES string of the molecule is NS(=O)(=O)c1ccc(-c2c(-c3ccc(Cl)cc3)noc2CO)cc1F. The van der Waals surface area contributed by atoms with Crippen LogP contribution in [0.25, 0.3) is 22.4 Å². The normalized spacial score (nSPS) is 11.7. The molecule has 0 bridgehead atoms. The maximum Gasteiger partial charge on any atom is 0.240 e. The van der Waals surface area contributed by atoms with E-state index in [1.807, 2.05) is 0 Å². The number of hydrogen-bond acceptors (Lipinski definition) is 5. The first-order valence-electron chi connectivity index (χ1n) is 6.99. The molecule has 1 heterocycles. The monoisotopic (exact) mass is 382 g/mol. The van der Waals surface area contributed by atoms with Crippen molar-refractivity contribution in [3.05, 3.63) is 59.1 Å². The standard InChI is InChI=1S/C16H12ClFN2O4S/c17-11-4-1-9(2-5-11)16-15(13(8-21)24-20-16)10-3-6-14(12(18)7-10)25(19,22)23/h1-7,21H,8H2,(H2,19,22,23). The summed E-state index contributed by atoms with van der Waals surface area (Å²) >= 11 is 5.87. The second-order valence-electron chi connectivity index (χ2n) is 5.18. The molecule has 0 unspecified atom stereocenters. The van der Waals surface area contributed by atoms with Gasteiger partial charge in [0.25, 0.3) is 0 Å². The van der Waals surface area contributed by atoms with E-state index in [9.17, 15) is 17.9 Å². The van der Waals surface area contributed by atoms with Crippen LogP contribution in [0.1, 0.15) is 5.76 Å². The molecule has 25 heavy (non-hydrogen) atoms. The fourth-order valence-corrected chi connectivity index (χ4v) is 3.14. The Kier molecular flexibility index (Phi) is 4.61. The number of nitrogens with two attached hydrogens (primary N) is 1. The van der Waals surface area contributed by atoms with E-state index in [4.69, 9.17) is 21.3 Å². The summed E-state index contributed by atoms with van der Waals surface area (Å²) in [6, 6.07) is 10.1. The number of benzene rings is 2. The summed E-state index contributed by atoms with van der Waals surface area (Å²) in [6.45, 7) is -0.464. The van der Waals surface area contributed by atoms with Gasteiger partial charge in [-0.15, -0.1) is 0 Å². The average molecular weight is 383 g/mol. The van der Waals surface area contributed by atoms with Crippen molar-refractivity contribution in [2.75, 3.05) is 0 Å². The molecule has 130 valence electrons. The van der Waals surface area contributed by atoms with Crippen LogP contribution in [0.4, 0.5) is 4.39 Å². The van der Waals surface area contributed by atoms with Crippen molar-refractivity contribution in [2.24, 2.45) is 5.14 Å². The number of nitrogens with zero attached hydrogens (tertiary/aromatic N) is 1. The molecule has 2 aromatic carbocycles. The highest BCUT2D eigenvalue weighted by Crippen LogP contribution is 2.36. The highest BCUT2D eigenvalue weighted by atomic mass is 35.5. The molecule has 3 N–H and O–H groups in total. The number of aliphatic hydroxyl groups excluding tert-OH is 1. The molecule has 0 aliphatic heterocycles. The molecule has 0 radical (unpaired) electrons. The van der Waals surface area contributed by atoms with Crippen LogP contribution in [0.3, 0.4) is 0 Å². The predicted molar refractivity (Wildman–Crippen MR) is 89.6 cm³/mol. The molecular weight excluding hydrogens is 371 g/mol. The second-order valence-corrected chi connectivity index (χ2v) is 7.15. The van der Waals surface area contributed by atoms with Crippen LogP contribution in [-0.2, 0) is 16.6 Å². The van der Waals surface area contributed by atoms with Gasteiger partial charge in [0.2, 0.25) is 10.0 Å². The van der Waals surface area contributed by atoms with Gasteiger partial charge in [-0.05, 0) is 29.8 Å². The lowest BCUT2D eigenvalue weighted by molar-refractivity contribution is 0.230. The highest BCUT2D eigenvalue weighted by Gasteiger charge is 2.22. The molecule has 0 saturated carbocycles. The Morgan fingerprint density at radius 3 is 2.36 bits per heavy atom. The quantitative estimate of drug-likeness (QED) is 0.721. The molecule has 0 fully saturated rings. The molecule has 0 amide bonds. The van der Waals surface area contributed by atoms with Gasteiger partial charge in [-0.3, -0.25) is 0 Å². The van der Waals surface area contributed by atoms with Gasteiger partial charge in [-0.25, -0.2) is 17.9 Å². The number of sulfonamides is 1. The van der Waals surface area contributed by atoms with E-state index in [0.717, 1.165) is 12.1 Å². The third kappa shape index (κ3) is 3.42. The number of rotatable bonds is 4. The van der Waals surface area contributed by atoms with Crippen molar-refractivity contribution in [3.63, 3.8) is 0 Å². The maximum absolute atomic E-state index is 14.2. The first-order chi connectivity index (χ1) is 11.8. The maximum atomic E-state index is 14.2. The largest absolute Gasteiger partial charge is 0.388 e. The van der Waals surface area contributed by atoms with Crippen molar-refractivity contribution in [3.8, 4) is 22.4 Å². The van der Waals surface area contributed by atoms with Crippen molar-refractivity contribution >= 4 is 21.6 Å². The van der Waals surface area contributed by atoms with Crippen molar-refractivity contribution in [2.45, 2.75) is 11.5 Å². The van der Waals surface area contributed by atoms with Crippen LogP contribution in [-0.4, -0.2) is 18.7 Å². The smallest absolute Gasteiger partial charge is 0.240 e. The van der Waals surface area contributed by atoms with Crippen LogP contribution in [0.2, 0.25) is 5.02 Å². The number of hydrogen-bond donors (Lipinski definition) is 2. The zero-order chi connectivity index (χ0) is 18.2. The van der Waals surface area contributed by atoms with E-state index in [2.05, 4.69) is 5.16 Å². The molecule has 6 nitrogen and oxygen atoms in total. The topological polar surface area (TPSA) is 106 Å². The van der Waals surface area contributed by atoms with Crippen LogP contribution in [0, 0.1) is 5.82 Å². The van der Waals surface area contributed by atoms with Crippen LogP contribution in [0.15, 0.2) is 51.9 Å². The van der Waals surface area contributed by atoms with E-state index >= 15 is 0 Å². The Labute approximate surface area is 147 Å². The third-order valence-corrected chi connectivity index (χ3v) is 4.75. The molecule has 3 aromatic rings. The van der Waals surface area contributed by atoms with Crippen molar-refractivity contribution in [1.82, 2.24) is 5.16 Å². The summed E-state index contributed by atoms with van der Waals surface area (Å²) in [5.41, 5.74) is 1.65. The number of primary sulfonamides is 1. The van der Waals surface area contributed by atoms with Gasteiger partial charge in [0.05, 0.1) is 5.56 Å². The Balaban J connectivity index is 2.18. The van der Waals surface area contributed by atoms with Gasteiger partial charge in [0, 0.05) is 10.6 Å². The molecule has 1 aromatic heterocycles. The summed E-state index contributed by atoms with van der Waals surface area (Å²) in [5.74, 6) is -0.889. The van der Waals surface area contributed by atoms with Gasteiger partial charge >= 0.3 is 0 Å². The zero-order valence-electron chi connectivity index (χ0n) is 12.6. The first-order valence-corrected chi connectivity index (χ1v) is 8.91. The Bertz CT molecular complexity index is 1030. The first kappa shape index (κ1) is 17.6. The molecule has 0 aliphatic carbocycles. The lowest BCUT2D eigenvalue weighted by atomic mass is 9.99. The molecule has 0 atom stereocenters. The average Bonchev–Trinajstić information content (AvgIpc) is 2.98. The van der Waals surface area contributed by atoms with E-state index in [1.54, 1.807) is 24.3 Å². The lowest BCUT2D eigenvalue weighted by Gasteiger charge is -2.06. The molecule has 0 saturated heterocycles. The summed E-state index contributed by atoms with van der Waals surface area (Å²) in [4.78, 5) is -0.619. The fraction of sp³-hybridized carbons (Fsp3) is 0.0625. The van der Waals surface area contributed by atoms with Gasteiger partial charge in [0.1, 0.15) is 23.0 Å². The number of halogens is 2. The van der Waals surface area contributed by atoms with E-state index in [1.165, 1.54) is 6.07 Å². The summed E-state index contributed by atoms with van der Waals surface area (Å²) in [5, 5.41) is 18.9. The Hall–Kier alpha value is -2.26. The lowest BCUT2D eigenvalue weighted by Crippen LogP contribution is -2.14. The number of aliphatic hydroxyl groups is 1. The minimum atomic E-state index is -4.18. The molecular formula is C16H12ClFN2O4S. The van der Waals surface area contributed by atoms with Crippen LogP contribution < -0.4 is 5.14 Å². The summed E-state index contributed by atoms with van der Waals surface area (Å²) in [6.07, 6.45) is 0.